The van der Waals surface area contributed by atoms with Crippen LogP contribution >= 0.6 is 0 Å². The number of rotatable bonds is 6. The number of hydrogen-bond acceptors (Lipinski definition) is 4. The number of benzene rings is 1. The molecule has 1 aliphatic rings. The first kappa shape index (κ1) is 16.0. The number of carbonyl (C=O) groups excluding carboxylic acids is 1. The van der Waals surface area contributed by atoms with E-state index in [0.717, 1.165) is 36.1 Å². The topological polar surface area (TPSA) is 68.2 Å². The average molecular weight is 316 g/mol. The third kappa shape index (κ3) is 3.54. The van der Waals surface area contributed by atoms with Gasteiger partial charge < -0.3 is 15.4 Å². The first-order valence-corrected chi connectivity index (χ1v) is 8.13. The van der Waals surface area contributed by atoms with Gasteiger partial charge in [-0.15, -0.1) is 0 Å². The molecule has 0 radical (unpaired) electrons. The number of nitrogens with one attached hydrogen (secondary N) is 2. The third-order valence-corrected chi connectivity index (χ3v) is 4.45. The van der Waals surface area contributed by atoms with E-state index in [1.165, 1.54) is 6.42 Å². The Morgan fingerprint density at radius 3 is 3.13 bits per heavy atom. The molecule has 124 valence electrons. The molecular formula is C17H24N4O2. The van der Waals surface area contributed by atoms with Gasteiger partial charge in [-0.3, -0.25) is 9.48 Å². The van der Waals surface area contributed by atoms with E-state index in [1.54, 1.807) is 7.11 Å². The Hall–Kier alpha value is -1.92. The fraction of sp³-hybridized carbons (Fsp3) is 0.529. The lowest BCUT2D eigenvalue weighted by molar-refractivity contribution is 0.0936. The minimum absolute atomic E-state index is 0.0609. The molecule has 1 saturated heterocycles. The number of hydrogen-bond donors (Lipinski definition) is 2. The quantitative estimate of drug-likeness (QED) is 0.789. The zero-order valence-corrected chi connectivity index (χ0v) is 13.8. The Balaban J connectivity index is 1.79. The van der Waals surface area contributed by atoms with Crippen molar-refractivity contribution in [3.8, 4) is 0 Å². The van der Waals surface area contributed by atoms with Crippen LogP contribution in [-0.4, -0.2) is 49.0 Å². The minimum Gasteiger partial charge on any atom is -0.383 e. The van der Waals surface area contributed by atoms with Gasteiger partial charge in [0.15, 0.2) is 0 Å². The van der Waals surface area contributed by atoms with Crippen LogP contribution in [0.2, 0.25) is 0 Å². The van der Waals surface area contributed by atoms with Crippen LogP contribution in [0.15, 0.2) is 18.3 Å². The van der Waals surface area contributed by atoms with Crippen molar-refractivity contribution in [3.05, 3.63) is 29.5 Å². The first-order chi connectivity index (χ1) is 11.2. The SMILES string of the molecule is COCCNC(=O)c1ccc2nn(C[C@H]3CCNC3)cc2c1C. The molecule has 2 N–H and O–H groups in total. The average Bonchev–Trinajstić information content (AvgIpc) is 3.18. The van der Waals surface area contributed by atoms with E-state index < -0.39 is 0 Å². The van der Waals surface area contributed by atoms with Crippen LogP contribution < -0.4 is 10.6 Å². The highest BCUT2D eigenvalue weighted by molar-refractivity contribution is 6.00. The molecule has 0 saturated carbocycles. The molecule has 0 spiro atoms. The van der Waals surface area contributed by atoms with E-state index in [2.05, 4.69) is 21.9 Å². The lowest BCUT2D eigenvalue weighted by atomic mass is 10.0. The van der Waals surface area contributed by atoms with Gasteiger partial charge >= 0.3 is 0 Å². The predicted octanol–water partition coefficient (Wildman–Crippen LogP) is 1.33. The second kappa shape index (κ2) is 7.10. The van der Waals surface area contributed by atoms with Crippen molar-refractivity contribution < 1.29 is 9.53 Å². The monoisotopic (exact) mass is 316 g/mol. The summed E-state index contributed by atoms with van der Waals surface area (Å²) in [7, 11) is 1.62. The second-order valence-corrected chi connectivity index (χ2v) is 6.13. The number of amides is 1. The number of fused-ring (bicyclic) bond motifs is 1. The molecule has 1 aromatic heterocycles. The highest BCUT2D eigenvalue weighted by Gasteiger charge is 2.17. The molecule has 1 fully saturated rings. The Bertz CT molecular complexity index is 689. The number of carbonyl (C=O) groups is 1. The van der Waals surface area contributed by atoms with Crippen molar-refractivity contribution in [2.24, 2.45) is 5.92 Å². The molecule has 1 aliphatic heterocycles. The summed E-state index contributed by atoms with van der Waals surface area (Å²) in [4.78, 5) is 12.3. The summed E-state index contributed by atoms with van der Waals surface area (Å²) in [5.74, 6) is 0.579. The van der Waals surface area contributed by atoms with Crippen LogP contribution in [0.5, 0.6) is 0 Å². The summed E-state index contributed by atoms with van der Waals surface area (Å²) in [5, 5.41) is 12.0. The van der Waals surface area contributed by atoms with Gasteiger partial charge in [0.25, 0.3) is 5.91 Å². The van der Waals surface area contributed by atoms with Gasteiger partial charge in [-0.2, -0.15) is 5.10 Å². The first-order valence-electron chi connectivity index (χ1n) is 8.13. The maximum absolute atomic E-state index is 12.3. The van der Waals surface area contributed by atoms with Crippen LogP contribution in [0, 0.1) is 12.8 Å². The smallest absolute Gasteiger partial charge is 0.251 e. The Morgan fingerprint density at radius 1 is 1.52 bits per heavy atom. The Labute approximate surface area is 136 Å². The summed E-state index contributed by atoms with van der Waals surface area (Å²) < 4.78 is 6.98. The maximum atomic E-state index is 12.3. The molecule has 6 nitrogen and oxygen atoms in total. The molecule has 0 unspecified atom stereocenters. The van der Waals surface area contributed by atoms with Crippen molar-refractivity contribution >= 4 is 16.8 Å². The molecule has 2 heterocycles. The van der Waals surface area contributed by atoms with E-state index in [0.29, 0.717) is 24.6 Å². The molecule has 1 amide bonds. The summed E-state index contributed by atoms with van der Waals surface area (Å²) >= 11 is 0. The summed E-state index contributed by atoms with van der Waals surface area (Å²) in [6.45, 7) is 6.09. The Kier molecular flexibility index (Phi) is 4.93. The molecule has 2 aromatic rings. The van der Waals surface area contributed by atoms with Crippen molar-refractivity contribution in [1.29, 1.82) is 0 Å². The van der Waals surface area contributed by atoms with E-state index in [1.807, 2.05) is 23.7 Å². The molecule has 23 heavy (non-hydrogen) atoms. The van der Waals surface area contributed by atoms with E-state index in [-0.39, 0.29) is 5.91 Å². The molecule has 3 rings (SSSR count). The predicted molar refractivity (Wildman–Crippen MR) is 89.7 cm³/mol. The van der Waals surface area contributed by atoms with Gasteiger partial charge in [-0.05, 0) is 50.0 Å². The van der Waals surface area contributed by atoms with Gasteiger partial charge in [0.2, 0.25) is 0 Å². The molecule has 1 aromatic carbocycles. The number of ether oxygens (including phenoxy) is 1. The normalized spacial score (nSPS) is 17.7. The molecule has 1 atom stereocenters. The maximum Gasteiger partial charge on any atom is 0.251 e. The van der Waals surface area contributed by atoms with Crippen LogP contribution in [0.1, 0.15) is 22.3 Å². The standard InChI is InChI=1S/C17H24N4O2/c1-12-14(17(22)19-7-8-23-2)3-4-16-15(12)11-21(20-16)10-13-5-6-18-9-13/h3-4,11,13,18H,5-10H2,1-2H3,(H,19,22)/t13-/m0/s1. The molecule has 6 heteroatoms. The van der Waals surface area contributed by atoms with Crippen molar-refractivity contribution in [1.82, 2.24) is 20.4 Å². The number of aryl methyl sites for hydroxylation is 1. The lowest BCUT2D eigenvalue weighted by Gasteiger charge is -2.07. The number of aromatic nitrogens is 2. The van der Waals surface area contributed by atoms with Crippen LogP contribution in [0.4, 0.5) is 0 Å². The van der Waals surface area contributed by atoms with Gasteiger partial charge in [0.05, 0.1) is 12.1 Å². The summed E-state index contributed by atoms with van der Waals surface area (Å²) in [6, 6.07) is 3.78. The zero-order valence-electron chi connectivity index (χ0n) is 13.8. The van der Waals surface area contributed by atoms with E-state index >= 15 is 0 Å². The largest absolute Gasteiger partial charge is 0.383 e. The van der Waals surface area contributed by atoms with Crippen LogP contribution in [0.25, 0.3) is 10.9 Å². The van der Waals surface area contributed by atoms with Gasteiger partial charge in [-0.1, -0.05) is 0 Å². The highest BCUT2D eigenvalue weighted by atomic mass is 16.5. The molecular weight excluding hydrogens is 292 g/mol. The highest BCUT2D eigenvalue weighted by Crippen LogP contribution is 2.22. The van der Waals surface area contributed by atoms with E-state index in [4.69, 9.17) is 4.74 Å². The fourth-order valence-corrected chi connectivity index (χ4v) is 3.12. The van der Waals surface area contributed by atoms with Crippen LogP contribution in [-0.2, 0) is 11.3 Å². The van der Waals surface area contributed by atoms with Crippen molar-refractivity contribution in [2.45, 2.75) is 19.9 Å². The zero-order chi connectivity index (χ0) is 16.2. The Morgan fingerprint density at radius 2 is 2.39 bits per heavy atom. The van der Waals surface area contributed by atoms with E-state index in [9.17, 15) is 4.79 Å². The third-order valence-electron chi connectivity index (χ3n) is 4.45. The van der Waals surface area contributed by atoms with Crippen LogP contribution in [0.3, 0.4) is 0 Å². The van der Waals surface area contributed by atoms with Crippen molar-refractivity contribution in [2.75, 3.05) is 33.4 Å². The molecule has 0 aliphatic carbocycles. The summed E-state index contributed by atoms with van der Waals surface area (Å²) in [5.41, 5.74) is 2.63. The lowest BCUT2D eigenvalue weighted by Crippen LogP contribution is -2.27. The fourth-order valence-electron chi connectivity index (χ4n) is 3.12. The van der Waals surface area contributed by atoms with Crippen molar-refractivity contribution in [3.63, 3.8) is 0 Å². The van der Waals surface area contributed by atoms with Gasteiger partial charge in [0.1, 0.15) is 0 Å². The molecule has 0 bridgehead atoms. The second-order valence-electron chi connectivity index (χ2n) is 6.13. The van der Waals surface area contributed by atoms with Gasteiger partial charge in [0, 0.05) is 37.3 Å². The van der Waals surface area contributed by atoms with Gasteiger partial charge in [-0.25, -0.2) is 0 Å². The number of methoxy groups -OCH3 is 1. The number of nitrogens with zero attached hydrogens (tertiary/aromatic N) is 2. The minimum atomic E-state index is -0.0609. The summed E-state index contributed by atoms with van der Waals surface area (Å²) in [6.07, 6.45) is 3.26.